The number of nitrogen functional groups attached to an aromatic ring is 1. The molecule has 0 aliphatic heterocycles. The van der Waals surface area contributed by atoms with Crippen molar-refractivity contribution in [1.82, 2.24) is 4.90 Å². The molecule has 0 unspecified atom stereocenters. The molecule has 1 aromatic heterocycles. The number of anilines is 2. The van der Waals surface area contributed by atoms with Gasteiger partial charge in [0.05, 0.1) is 16.4 Å². The van der Waals surface area contributed by atoms with E-state index in [2.05, 4.69) is 5.32 Å². The molecule has 3 N–H and O–H groups in total. The van der Waals surface area contributed by atoms with Crippen LogP contribution in [0.25, 0.3) is 0 Å². The first-order valence-electron chi connectivity index (χ1n) is 5.82. The van der Waals surface area contributed by atoms with Crippen LogP contribution >= 0.6 is 11.3 Å². The fourth-order valence-electron chi connectivity index (χ4n) is 1.34. The number of nitrogens with two attached hydrogens (primary N) is 1. The highest BCUT2D eigenvalue weighted by molar-refractivity contribution is 7.91. The van der Waals surface area contributed by atoms with Crippen molar-refractivity contribution >= 4 is 37.8 Å². The molecule has 0 atom stereocenters. The summed E-state index contributed by atoms with van der Waals surface area (Å²) in [7, 11) is 0.323. The first kappa shape index (κ1) is 15.8. The van der Waals surface area contributed by atoms with Crippen molar-refractivity contribution in [2.75, 3.05) is 43.2 Å². The highest BCUT2D eigenvalue weighted by Crippen LogP contribution is 2.29. The molecule has 1 heterocycles. The zero-order valence-corrected chi connectivity index (χ0v) is 12.9. The molecular weight excluding hydrogens is 286 g/mol. The molecule has 6 nitrogen and oxygen atoms in total. The van der Waals surface area contributed by atoms with Crippen LogP contribution in [0.15, 0.2) is 6.07 Å². The molecule has 1 aromatic rings. The predicted molar refractivity (Wildman–Crippen MR) is 79.6 cm³/mol. The van der Waals surface area contributed by atoms with E-state index in [4.69, 9.17) is 5.73 Å². The molecule has 0 saturated heterocycles. The Bertz CT molecular complexity index is 550. The van der Waals surface area contributed by atoms with Gasteiger partial charge >= 0.3 is 0 Å². The Kier molecular flexibility index (Phi) is 5.19. The summed E-state index contributed by atoms with van der Waals surface area (Å²) >= 11 is 1.23. The monoisotopic (exact) mass is 305 g/mol. The SMILES string of the molecule is CCS(=O)(=O)CCNc1cc(N)c(C(=O)N(C)C)s1. The van der Waals surface area contributed by atoms with Crippen molar-refractivity contribution in [1.29, 1.82) is 0 Å². The van der Waals surface area contributed by atoms with Crippen molar-refractivity contribution < 1.29 is 13.2 Å². The van der Waals surface area contributed by atoms with Gasteiger partial charge in [0.15, 0.2) is 9.84 Å². The van der Waals surface area contributed by atoms with Gasteiger partial charge in [0, 0.05) is 26.4 Å². The summed E-state index contributed by atoms with van der Waals surface area (Å²) in [5.74, 6) is 0.0425. The molecule has 1 rings (SSSR count). The summed E-state index contributed by atoms with van der Waals surface area (Å²) in [5.41, 5.74) is 6.18. The summed E-state index contributed by atoms with van der Waals surface area (Å²) in [4.78, 5) is 13.7. The summed E-state index contributed by atoms with van der Waals surface area (Å²) in [6, 6.07) is 1.65. The molecule has 0 spiro atoms. The molecule has 0 radical (unpaired) electrons. The van der Waals surface area contributed by atoms with Crippen LogP contribution < -0.4 is 11.1 Å². The van der Waals surface area contributed by atoms with Crippen LogP contribution in [0.4, 0.5) is 10.7 Å². The Balaban J connectivity index is 2.67. The lowest BCUT2D eigenvalue weighted by molar-refractivity contribution is 0.0833. The smallest absolute Gasteiger partial charge is 0.265 e. The van der Waals surface area contributed by atoms with E-state index in [0.29, 0.717) is 22.1 Å². The van der Waals surface area contributed by atoms with Gasteiger partial charge in [0.2, 0.25) is 0 Å². The second-order valence-electron chi connectivity index (χ2n) is 4.26. The van der Waals surface area contributed by atoms with Crippen molar-refractivity contribution in [2.24, 2.45) is 0 Å². The van der Waals surface area contributed by atoms with Crippen LogP contribution in [0.5, 0.6) is 0 Å². The number of carbonyl (C=O) groups excluding carboxylic acids is 1. The second kappa shape index (κ2) is 6.25. The van der Waals surface area contributed by atoms with Crippen molar-refractivity contribution in [3.8, 4) is 0 Å². The molecule has 0 fully saturated rings. The van der Waals surface area contributed by atoms with Gasteiger partial charge in [0.25, 0.3) is 5.91 Å². The largest absolute Gasteiger partial charge is 0.397 e. The summed E-state index contributed by atoms with van der Waals surface area (Å²) in [6.45, 7) is 1.93. The van der Waals surface area contributed by atoms with E-state index < -0.39 is 9.84 Å². The average molecular weight is 305 g/mol. The van der Waals surface area contributed by atoms with Gasteiger partial charge in [-0.15, -0.1) is 11.3 Å². The van der Waals surface area contributed by atoms with Crippen LogP contribution in [0.3, 0.4) is 0 Å². The standard InChI is InChI=1S/C11H19N3O3S2/c1-4-19(16,17)6-5-13-9-7-8(12)10(18-9)11(15)14(2)3/h7,13H,4-6,12H2,1-3H3. The van der Waals surface area contributed by atoms with E-state index in [1.165, 1.54) is 16.2 Å². The first-order valence-corrected chi connectivity index (χ1v) is 8.46. The number of carbonyl (C=O) groups is 1. The molecule has 0 aliphatic carbocycles. The highest BCUT2D eigenvalue weighted by atomic mass is 32.2. The van der Waals surface area contributed by atoms with Crippen LogP contribution in [0, 0.1) is 0 Å². The summed E-state index contributed by atoms with van der Waals surface area (Å²) < 4.78 is 22.7. The topological polar surface area (TPSA) is 92.5 Å². The molecule has 0 aliphatic rings. The molecular formula is C11H19N3O3S2. The number of hydrogen-bond donors (Lipinski definition) is 2. The molecule has 8 heteroatoms. The Morgan fingerprint density at radius 1 is 1.47 bits per heavy atom. The Morgan fingerprint density at radius 2 is 2.11 bits per heavy atom. The van der Waals surface area contributed by atoms with E-state index in [9.17, 15) is 13.2 Å². The van der Waals surface area contributed by atoms with E-state index in [1.807, 2.05) is 0 Å². The molecule has 1 amide bonds. The maximum atomic E-state index is 11.8. The van der Waals surface area contributed by atoms with Crippen LogP contribution in [-0.4, -0.2) is 51.4 Å². The number of sulfone groups is 1. The van der Waals surface area contributed by atoms with Crippen molar-refractivity contribution in [3.05, 3.63) is 10.9 Å². The van der Waals surface area contributed by atoms with Gasteiger partial charge in [-0.25, -0.2) is 8.42 Å². The number of nitrogens with zero attached hydrogens (tertiary/aromatic N) is 1. The Morgan fingerprint density at radius 3 is 2.63 bits per heavy atom. The zero-order valence-electron chi connectivity index (χ0n) is 11.3. The maximum Gasteiger partial charge on any atom is 0.265 e. The van der Waals surface area contributed by atoms with E-state index >= 15 is 0 Å². The number of thiophene rings is 1. The molecule has 19 heavy (non-hydrogen) atoms. The van der Waals surface area contributed by atoms with Gasteiger partial charge in [0.1, 0.15) is 4.88 Å². The fraction of sp³-hybridized carbons (Fsp3) is 0.545. The van der Waals surface area contributed by atoms with E-state index in [-0.39, 0.29) is 17.4 Å². The zero-order chi connectivity index (χ0) is 14.6. The van der Waals surface area contributed by atoms with E-state index in [1.54, 1.807) is 27.1 Å². The minimum Gasteiger partial charge on any atom is -0.397 e. The van der Waals surface area contributed by atoms with Crippen molar-refractivity contribution in [3.63, 3.8) is 0 Å². The summed E-state index contributed by atoms with van der Waals surface area (Å²) in [5, 5.41) is 3.68. The molecule has 0 aromatic carbocycles. The number of amides is 1. The van der Waals surface area contributed by atoms with Crippen molar-refractivity contribution in [2.45, 2.75) is 6.92 Å². The third-order valence-electron chi connectivity index (χ3n) is 2.51. The minimum absolute atomic E-state index is 0.0677. The van der Waals surface area contributed by atoms with Gasteiger partial charge in [-0.3, -0.25) is 4.79 Å². The lowest BCUT2D eigenvalue weighted by Gasteiger charge is -2.08. The van der Waals surface area contributed by atoms with Gasteiger partial charge in [-0.2, -0.15) is 0 Å². The second-order valence-corrected chi connectivity index (χ2v) is 7.78. The van der Waals surface area contributed by atoms with Gasteiger partial charge in [-0.1, -0.05) is 6.92 Å². The number of rotatable bonds is 6. The predicted octanol–water partition coefficient (Wildman–Crippen LogP) is 0.879. The molecule has 0 saturated carbocycles. The van der Waals surface area contributed by atoms with Gasteiger partial charge < -0.3 is 16.0 Å². The van der Waals surface area contributed by atoms with Crippen LogP contribution in [0.1, 0.15) is 16.6 Å². The van der Waals surface area contributed by atoms with E-state index in [0.717, 1.165) is 0 Å². The lowest BCUT2D eigenvalue weighted by atomic mass is 10.3. The average Bonchev–Trinajstić information content (AvgIpc) is 2.69. The Labute approximate surface area is 117 Å². The van der Waals surface area contributed by atoms with Crippen LogP contribution in [0.2, 0.25) is 0 Å². The third kappa shape index (κ3) is 4.39. The van der Waals surface area contributed by atoms with Gasteiger partial charge in [-0.05, 0) is 6.07 Å². The number of nitrogens with one attached hydrogen (secondary N) is 1. The lowest BCUT2D eigenvalue weighted by Crippen LogP contribution is -2.21. The normalized spacial score (nSPS) is 11.3. The maximum absolute atomic E-state index is 11.8. The van der Waals surface area contributed by atoms with Crippen LogP contribution in [-0.2, 0) is 9.84 Å². The Hall–Kier alpha value is -1.28. The fourth-order valence-corrected chi connectivity index (χ4v) is 3.06. The number of hydrogen-bond acceptors (Lipinski definition) is 6. The highest BCUT2D eigenvalue weighted by Gasteiger charge is 2.16. The first-order chi connectivity index (χ1) is 8.76. The molecule has 108 valence electrons. The summed E-state index contributed by atoms with van der Waals surface area (Å²) in [6.07, 6.45) is 0. The third-order valence-corrected chi connectivity index (χ3v) is 5.32. The molecule has 0 bridgehead atoms. The minimum atomic E-state index is -2.99. The quantitative estimate of drug-likeness (QED) is 0.814.